The number of aliphatic hydroxyl groups is 1. The lowest BCUT2D eigenvalue weighted by Gasteiger charge is -2.41. The molecule has 0 spiro atoms. The average molecular weight is 367 g/mol. The van der Waals surface area contributed by atoms with Crippen LogP contribution < -0.4 is 0 Å². The van der Waals surface area contributed by atoms with E-state index in [1.807, 2.05) is 6.07 Å². The molecule has 6 heteroatoms. The number of halogens is 1. The van der Waals surface area contributed by atoms with E-state index in [0.717, 1.165) is 11.8 Å². The maximum absolute atomic E-state index is 13.3. The van der Waals surface area contributed by atoms with Crippen molar-refractivity contribution in [2.45, 2.75) is 11.8 Å². The highest BCUT2D eigenvalue weighted by atomic mass is 35.5. The molecule has 1 atom stereocenters. The van der Waals surface area contributed by atoms with Crippen molar-refractivity contribution in [3.05, 3.63) is 75.8 Å². The molecule has 26 heavy (non-hydrogen) atoms. The second-order valence-corrected chi connectivity index (χ2v) is 6.80. The van der Waals surface area contributed by atoms with Crippen LogP contribution in [0.4, 0.5) is 0 Å². The Morgan fingerprint density at radius 2 is 2.00 bits per heavy atom. The predicted molar refractivity (Wildman–Crippen MR) is 98.7 cm³/mol. The molecule has 0 aliphatic carbocycles. The van der Waals surface area contributed by atoms with E-state index in [2.05, 4.69) is 5.10 Å². The second-order valence-electron chi connectivity index (χ2n) is 6.37. The van der Waals surface area contributed by atoms with Crippen LogP contribution in [0.3, 0.4) is 0 Å². The molecule has 2 heterocycles. The number of amides is 1. The summed E-state index contributed by atoms with van der Waals surface area (Å²) in [4.78, 5) is 25.2. The quantitative estimate of drug-likeness (QED) is 0.849. The van der Waals surface area contributed by atoms with Gasteiger partial charge in [0.1, 0.15) is 11.7 Å². The van der Waals surface area contributed by atoms with Crippen molar-refractivity contribution in [2.24, 2.45) is 5.10 Å². The molecule has 0 unspecified atom stereocenters. The fourth-order valence-electron chi connectivity index (χ4n) is 3.58. The van der Waals surface area contributed by atoms with Crippen LogP contribution in [0.2, 0.25) is 5.02 Å². The highest BCUT2D eigenvalue weighted by Gasteiger charge is 2.49. The molecule has 4 rings (SSSR count). The zero-order chi connectivity index (χ0) is 18.3. The lowest BCUT2D eigenvalue weighted by atomic mass is 9.72. The molecule has 0 aromatic heterocycles. The van der Waals surface area contributed by atoms with Gasteiger partial charge in [0.25, 0.3) is 5.91 Å². The molecule has 5 nitrogen and oxygen atoms in total. The van der Waals surface area contributed by atoms with Gasteiger partial charge in [0.05, 0.1) is 18.5 Å². The first-order valence-corrected chi connectivity index (χ1v) is 8.52. The molecular weight excluding hydrogens is 352 g/mol. The zero-order valence-electron chi connectivity index (χ0n) is 13.7. The van der Waals surface area contributed by atoms with Crippen LogP contribution in [-0.2, 0) is 15.0 Å². The summed E-state index contributed by atoms with van der Waals surface area (Å²) >= 11 is 6.12. The molecule has 0 saturated carbocycles. The molecular formula is C20H15ClN2O3. The summed E-state index contributed by atoms with van der Waals surface area (Å²) in [5.41, 5.74) is 1.71. The Balaban J connectivity index is 1.95. The monoisotopic (exact) mass is 366 g/mol. The number of aldehydes is 1. The third kappa shape index (κ3) is 2.32. The highest BCUT2D eigenvalue weighted by molar-refractivity contribution is 6.31. The summed E-state index contributed by atoms with van der Waals surface area (Å²) in [5, 5.41) is 16.1. The largest absolute Gasteiger partial charge is 0.395 e. The number of nitrogens with zero attached hydrogens (tertiary/aromatic N) is 2. The molecule has 0 fully saturated rings. The van der Waals surface area contributed by atoms with Crippen molar-refractivity contribution < 1.29 is 14.7 Å². The Morgan fingerprint density at radius 1 is 1.23 bits per heavy atom. The van der Waals surface area contributed by atoms with E-state index in [4.69, 9.17) is 11.6 Å². The summed E-state index contributed by atoms with van der Waals surface area (Å²) < 4.78 is 0. The van der Waals surface area contributed by atoms with E-state index in [9.17, 15) is 14.7 Å². The van der Waals surface area contributed by atoms with Crippen LogP contribution in [-0.4, -0.2) is 35.1 Å². The highest BCUT2D eigenvalue weighted by Crippen LogP contribution is 2.44. The number of allylic oxidation sites excluding steroid dienone is 1. The van der Waals surface area contributed by atoms with Crippen molar-refractivity contribution in [3.63, 3.8) is 0 Å². The van der Waals surface area contributed by atoms with Gasteiger partial charge >= 0.3 is 0 Å². The molecule has 0 radical (unpaired) electrons. The molecule has 1 amide bonds. The van der Waals surface area contributed by atoms with E-state index in [1.165, 1.54) is 5.01 Å². The normalized spacial score (nSPS) is 21.5. The van der Waals surface area contributed by atoms with Gasteiger partial charge in [0.2, 0.25) is 0 Å². The number of aliphatic hydroxyl groups excluding tert-OH is 1. The first-order valence-electron chi connectivity index (χ1n) is 8.14. The third-order valence-corrected chi connectivity index (χ3v) is 5.17. The van der Waals surface area contributed by atoms with Gasteiger partial charge in [-0.05, 0) is 24.1 Å². The predicted octanol–water partition coefficient (Wildman–Crippen LogP) is 2.76. The van der Waals surface area contributed by atoms with Crippen LogP contribution in [0, 0.1) is 0 Å². The fourth-order valence-corrected chi connectivity index (χ4v) is 3.76. The van der Waals surface area contributed by atoms with E-state index >= 15 is 0 Å². The first kappa shape index (κ1) is 16.7. The van der Waals surface area contributed by atoms with Gasteiger partial charge in [-0.3, -0.25) is 9.59 Å². The summed E-state index contributed by atoms with van der Waals surface area (Å²) in [6, 6.07) is 14.2. The molecule has 2 aliphatic heterocycles. The summed E-state index contributed by atoms with van der Waals surface area (Å²) in [5.74, 6) is -0.367. The zero-order valence-corrected chi connectivity index (χ0v) is 14.5. The molecule has 0 saturated heterocycles. The van der Waals surface area contributed by atoms with Crippen LogP contribution >= 0.6 is 11.6 Å². The number of hydrogen-bond acceptors (Lipinski definition) is 4. The number of rotatable bonds is 3. The van der Waals surface area contributed by atoms with E-state index in [-0.39, 0.29) is 12.3 Å². The van der Waals surface area contributed by atoms with Crippen molar-refractivity contribution >= 4 is 35.7 Å². The first-order chi connectivity index (χ1) is 12.6. The van der Waals surface area contributed by atoms with Gasteiger partial charge in [-0.1, -0.05) is 48.0 Å². The Labute approximate surface area is 155 Å². The maximum atomic E-state index is 13.3. The summed E-state index contributed by atoms with van der Waals surface area (Å²) in [7, 11) is 0. The number of carbonyl (C=O) groups excluding carboxylic acids is 2. The van der Waals surface area contributed by atoms with Crippen molar-refractivity contribution in [1.29, 1.82) is 0 Å². The SMILES string of the molecule is O=CC1=C2c3cc(Cl)ccc3C=NN2C(=O)[C@](CO)(c2ccccc2)C1. The molecule has 130 valence electrons. The van der Waals surface area contributed by atoms with E-state index in [1.54, 1.807) is 48.7 Å². The summed E-state index contributed by atoms with van der Waals surface area (Å²) in [6.07, 6.45) is 2.39. The standard InChI is InChI=1S/C20H15ClN2O3/c21-16-7-6-13-10-22-23-18(17(13)8-16)14(11-24)9-20(12-25,19(23)26)15-4-2-1-3-5-15/h1-8,10-11,25H,9,12H2/t20-/m1/s1. The van der Waals surface area contributed by atoms with Crippen LogP contribution in [0.15, 0.2) is 59.2 Å². The molecule has 0 bridgehead atoms. The van der Waals surface area contributed by atoms with Crippen molar-refractivity contribution in [3.8, 4) is 0 Å². The maximum Gasteiger partial charge on any atom is 0.260 e. The van der Waals surface area contributed by atoms with Crippen LogP contribution in [0.25, 0.3) is 5.70 Å². The van der Waals surface area contributed by atoms with Gasteiger partial charge in [-0.25, -0.2) is 0 Å². The van der Waals surface area contributed by atoms with Gasteiger partial charge in [0.15, 0.2) is 0 Å². The minimum Gasteiger partial charge on any atom is -0.395 e. The van der Waals surface area contributed by atoms with Gasteiger partial charge in [0, 0.05) is 21.7 Å². The lowest BCUT2D eigenvalue weighted by Crippen LogP contribution is -2.51. The molecule has 1 N–H and O–H groups in total. The minimum absolute atomic E-state index is 0.100. The third-order valence-electron chi connectivity index (χ3n) is 4.93. The Kier molecular flexibility index (Phi) is 3.98. The number of benzene rings is 2. The minimum atomic E-state index is -1.24. The Bertz CT molecular complexity index is 968. The topological polar surface area (TPSA) is 70.0 Å². The smallest absolute Gasteiger partial charge is 0.260 e. The molecule has 2 aromatic rings. The Hall–Kier alpha value is -2.76. The van der Waals surface area contributed by atoms with E-state index in [0.29, 0.717) is 27.4 Å². The van der Waals surface area contributed by atoms with Gasteiger partial charge in [-0.2, -0.15) is 10.1 Å². The fraction of sp³-hybridized carbons (Fsp3) is 0.150. The molecule has 2 aromatic carbocycles. The summed E-state index contributed by atoms with van der Waals surface area (Å²) in [6.45, 7) is -0.422. The van der Waals surface area contributed by atoms with Gasteiger partial charge < -0.3 is 5.11 Å². The number of carbonyl (C=O) groups is 2. The van der Waals surface area contributed by atoms with E-state index < -0.39 is 12.0 Å². The molecule has 2 aliphatic rings. The number of hydrogen-bond donors (Lipinski definition) is 1. The van der Waals surface area contributed by atoms with Crippen molar-refractivity contribution in [1.82, 2.24) is 5.01 Å². The number of hydrazone groups is 1. The van der Waals surface area contributed by atoms with Crippen molar-refractivity contribution in [2.75, 3.05) is 6.61 Å². The van der Waals surface area contributed by atoms with Gasteiger partial charge in [-0.15, -0.1) is 0 Å². The average Bonchev–Trinajstić information content (AvgIpc) is 2.69. The second kappa shape index (κ2) is 6.20. The lowest BCUT2D eigenvalue weighted by molar-refractivity contribution is -0.136. The van der Waals surface area contributed by atoms with Crippen LogP contribution in [0.1, 0.15) is 23.1 Å². The van der Waals surface area contributed by atoms with Crippen LogP contribution in [0.5, 0.6) is 0 Å². The Morgan fingerprint density at radius 3 is 2.69 bits per heavy atom. The number of fused-ring (bicyclic) bond motifs is 3.